The van der Waals surface area contributed by atoms with Gasteiger partial charge in [-0.15, -0.1) is 0 Å². The molecular weight excluding hydrogens is 316 g/mol. The van der Waals surface area contributed by atoms with E-state index in [1.807, 2.05) is 30.3 Å². The molecule has 1 aromatic rings. The zero-order chi connectivity index (χ0) is 18.5. The maximum atomic E-state index is 12.6. The average Bonchev–Trinajstić information content (AvgIpc) is 2.50. The first kappa shape index (κ1) is 20.6. The molecule has 1 N–H and O–H groups in total. The summed E-state index contributed by atoms with van der Waals surface area (Å²) in [6, 6.07) is 9.43. The van der Waals surface area contributed by atoms with Crippen LogP contribution >= 0.6 is 0 Å². The minimum Gasteiger partial charge on any atom is -0.407 e. The molecule has 0 radical (unpaired) electrons. The third-order valence-electron chi connectivity index (χ3n) is 4.74. The fraction of sp³-hybridized carbons (Fsp3) is 0.550. The van der Waals surface area contributed by atoms with E-state index in [0.717, 1.165) is 5.56 Å². The van der Waals surface area contributed by atoms with E-state index in [9.17, 15) is 9.90 Å². The van der Waals surface area contributed by atoms with E-state index < -0.39 is 26.4 Å². The minimum atomic E-state index is -2.02. The van der Waals surface area contributed by atoms with Gasteiger partial charge in [-0.3, -0.25) is 4.79 Å². The minimum absolute atomic E-state index is 0.0382. The summed E-state index contributed by atoms with van der Waals surface area (Å²) in [7, 11) is -2.02. The Labute approximate surface area is 147 Å². The first-order chi connectivity index (χ1) is 11.0. The van der Waals surface area contributed by atoms with E-state index in [-0.39, 0.29) is 10.8 Å². The summed E-state index contributed by atoms with van der Waals surface area (Å²) in [6.07, 6.45) is -1.53. The Hall–Kier alpha value is -1.41. The number of hydrogen-bond acceptors (Lipinski definition) is 3. The van der Waals surface area contributed by atoms with Crippen molar-refractivity contribution >= 4 is 14.1 Å². The van der Waals surface area contributed by atoms with Gasteiger partial charge in [0.05, 0.1) is 5.92 Å². The van der Waals surface area contributed by atoms with Crippen LogP contribution in [0.3, 0.4) is 0 Å². The molecule has 3 nitrogen and oxygen atoms in total. The van der Waals surface area contributed by atoms with Crippen LogP contribution in [0.5, 0.6) is 0 Å². The number of benzene rings is 1. The second-order valence-electron chi connectivity index (χ2n) is 7.79. The lowest BCUT2D eigenvalue weighted by molar-refractivity contribution is -0.131. The highest BCUT2D eigenvalue weighted by molar-refractivity contribution is 6.74. The summed E-state index contributed by atoms with van der Waals surface area (Å²) in [4.78, 5) is 12.6. The molecule has 132 valence electrons. The molecule has 24 heavy (non-hydrogen) atoms. The Kier molecular flexibility index (Phi) is 6.97. The molecular formula is C20H30O3Si. The number of hydrogen-bond donors (Lipinski definition) is 1. The third-order valence-corrected chi connectivity index (χ3v) is 9.29. The lowest BCUT2D eigenvalue weighted by atomic mass is 9.96. The third kappa shape index (κ3) is 5.59. The SMILES string of the molecule is C[C@H](O[Si](C)(C)C(C)(C)C)C(=O)[C@H](C)[C@@H](O)C#Cc1ccccc1. The first-order valence-corrected chi connectivity index (χ1v) is 11.3. The van der Waals surface area contributed by atoms with Crippen LogP contribution in [0.2, 0.25) is 18.1 Å². The Balaban J connectivity index is 2.75. The van der Waals surface area contributed by atoms with Gasteiger partial charge in [0.25, 0.3) is 0 Å². The largest absolute Gasteiger partial charge is 0.407 e. The molecule has 0 saturated heterocycles. The fourth-order valence-corrected chi connectivity index (χ4v) is 3.36. The van der Waals surface area contributed by atoms with Crippen LogP contribution in [0.25, 0.3) is 0 Å². The number of carbonyl (C=O) groups excluding carboxylic acids is 1. The lowest BCUT2D eigenvalue weighted by Crippen LogP contribution is -2.46. The standard InChI is InChI=1S/C20H30O3Si/c1-15(18(21)14-13-17-11-9-8-10-12-17)19(22)16(2)23-24(6,7)20(3,4)5/h8-12,15-16,18,21H,1-7H3/t15-,16+,18+/m1/s1. The topological polar surface area (TPSA) is 46.5 Å². The maximum Gasteiger partial charge on any atom is 0.193 e. The zero-order valence-corrected chi connectivity index (χ0v) is 16.9. The number of aliphatic hydroxyl groups is 1. The van der Waals surface area contributed by atoms with E-state index >= 15 is 0 Å². The van der Waals surface area contributed by atoms with Gasteiger partial charge in [-0.25, -0.2) is 0 Å². The number of ketones is 1. The van der Waals surface area contributed by atoms with Gasteiger partial charge >= 0.3 is 0 Å². The van der Waals surface area contributed by atoms with E-state index in [1.165, 1.54) is 0 Å². The molecule has 0 amide bonds. The van der Waals surface area contributed by atoms with Crippen molar-refractivity contribution in [2.75, 3.05) is 0 Å². The summed E-state index contributed by atoms with van der Waals surface area (Å²) in [5.41, 5.74) is 0.821. The quantitative estimate of drug-likeness (QED) is 0.647. The van der Waals surface area contributed by atoms with Crippen molar-refractivity contribution < 1.29 is 14.3 Å². The van der Waals surface area contributed by atoms with Crippen molar-refractivity contribution in [3.63, 3.8) is 0 Å². The maximum absolute atomic E-state index is 12.6. The smallest absolute Gasteiger partial charge is 0.193 e. The normalized spacial score (nSPS) is 15.8. The number of rotatable bonds is 5. The second kappa shape index (κ2) is 8.11. The van der Waals surface area contributed by atoms with Gasteiger partial charge in [-0.2, -0.15) is 0 Å². The fourth-order valence-electron chi connectivity index (χ4n) is 2.01. The van der Waals surface area contributed by atoms with Gasteiger partial charge in [0, 0.05) is 5.56 Å². The van der Waals surface area contributed by atoms with E-state index in [1.54, 1.807) is 13.8 Å². The summed E-state index contributed by atoms with van der Waals surface area (Å²) >= 11 is 0. The molecule has 1 rings (SSSR count). The predicted octanol–water partition coefficient (Wildman–Crippen LogP) is 4.01. The molecule has 0 saturated carbocycles. The molecule has 0 aliphatic rings. The van der Waals surface area contributed by atoms with Crippen LogP contribution in [0.15, 0.2) is 30.3 Å². The Morgan fingerprint density at radius 1 is 1.17 bits per heavy atom. The highest BCUT2D eigenvalue weighted by Crippen LogP contribution is 2.37. The van der Waals surface area contributed by atoms with E-state index in [2.05, 4.69) is 45.7 Å². The monoisotopic (exact) mass is 346 g/mol. The highest BCUT2D eigenvalue weighted by Gasteiger charge is 2.40. The molecule has 0 heterocycles. The van der Waals surface area contributed by atoms with Gasteiger partial charge in [0.1, 0.15) is 12.2 Å². The van der Waals surface area contributed by atoms with Gasteiger partial charge in [-0.1, -0.05) is 57.7 Å². The lowest BCUT2D eigenvalue weighted by Gasteiger charge is -2.38. The van der Waals surface area contributed by atoms with Crippen molar-refractivity contribution in [2.45, 2.75) is 65.0 Å². The van der Waals surface area contributed by atoms with Crippen molar-refractivity contribution in [3.05, 3.63) is 35.9 Å². The van der Waals surface area contributed by atoms with E-state index in [4.69, 9.17) is 4.43 Å². The second-order valence-corrected chi connectivity index (χ2v) is 12.5. The van der Waals surface area contributed by atoms with Crippen LogP contribution in [0.1, 0.15) is 40.2 Å². The summed E-state index contributed by atoms with van der Waals surface area (Å²) in [5, 5.41) is 10.3. The van der Waals surface area contributed by atoms with Crippen molar-refractivity contribution in [1.82, 2.24) is 0 Å². The van der Waals surface area contributed by atoms with Gasteiger partial charge < -0.3 is 9.53 Å². The molecule has 1 aromatic carbocycles. The molecule has 0 aromatic heterocycles. The van der Waals surface area contributed by atoms with Crippen LogP contribution in [0.4, 0.5) is 0 Å². The predicted molar refractivity (Wildman–Crippen MR) is 101 cm³/mol. The van der Waals surface area contributed by atoms with Gasteiger partial charge in [0.2, 0.25) is 0 Å². The molecule has 4 heteroatoms. The summed E-state index contributed by atoms with van der Waals surface area (Å²) in [6.45, 7) is 14.1. The zero-order valence-electron chi connectivity index (χ0n) is 15.9. The first-order valence-electron chi connectivity index (χ1n) is 8.42. The number of aliphatic hydroxyl groups excluding tert-OH is 1. The highest BCUT2D eigenvalue weighted by atomic mass is 28.4. The summed E-state index contributed by atoms with van der Waals surface area (Å²) in [5.74, 6) is 4.99. The molecule has 0 aliphatic heterocycles. The van der Waals surface area contributed by atoms with Gasteiger partial charge in [-0.05, 0) is 37.2 Å². The molecule has 0 spiro atoms. The van der Waals surface area contributed by atoms with Crippen LogP contribution in [0, 0.1) is 17.8 Å². The summed E-state index contributed by atoms with van der Waals surface area (Å²) < 4.78 is 6.13. The van der Waals surface area contributed by atoms with Crippen molar-refractivity contribution in [1.29, 1.82) is 0 Å². The van der Waals surface area contributed by atoms with Gasteiger partial charge in [0.15, 0.2) is 14.1 Å². The molecule has 0 fully saturated rings. The van der Waals surface area contributed by atoms with E-state index in [0.29, 0.717) is 0 Å². The number of carbonyl (C=O) groups is 1. The van der Waals surface area contributed by atoms with Crippen molar-refractivity contribution in [3.8, 4) is 11.8 Å². The van der Waals surface area contributed by atoms with Crippen molar-refractivity contribution in [2.24, 2.45) is 5.92 Å². The molecule has 3 atom stereocenters. The average molecular weight is 347 g/mol. The Bertz CT molecular complexity index is 605. The van der Waals surface area contributed by atoms with Crippen LogP contribution in [-0.2, 0) is 9.22 Å². The molecule has 0 unspecified atom stereocenters. The molecule has 0 aliphatic carbocycles. The van der Waals surface area contributed by atoms with Crippen LogP contribution < -0.4 is 0 Å². The Morgan fingerprint density at radius 3 is 2.21 bits per heavy atom. The Morgan fingerprint density at radius 2 is 1.71 bits per heavy atom. The number of Topliss-reactive ketones (excluding diaryl/α,β-unsaturated/α-hetero) is 1. The van der Waals surface area contributed by atoms with Crippen LogP contribution in [-0.4, -0.2) is 31.4 Å². The molecule has 0 bridgehead atoms.